The van der Waals surface area contributed by atoms with E-state index in [4.69, 9.17) is 0 Å². The van der Waals surface area contributed by atoms with Crippen LogP contribution >= 0.6 is 0 Å². The maximum atomic E-state index is 2.37. The van der Waals surface area contributed by atoms with Crippen molar-refractivity contribution in [2.45, 2.75) is 74.1 Å². The normalized spacial score (nSPS) is 14.7. The van der Waals surface area contributed by atoms with Gasteiger partial charge in [0.2, 0.25) is 0 Å². The minimum Gasteiger partial charge on any atom is -0.0625 e. The second-order valence-electron chi connectivity index (χ2n) is 9.02. The van der Waals surface area contributed by atoms with Gasteiger partial charge in [0.1, 0.15) is 0 Å². The molecule has 0 aliphatic heterocycles. The number of hydrogen-bond donors (Lipinski definition) is 0. The lowest BCUT2D eigenvalue weighted by Gasteiger charge is -2.36. The van der Waals surface area contributed by atoms with Gasteiger partial charge in [-0.2, -0.15) is 0 Å². The van der Waals surface area contributed by atoms with Crippen molar-refractivity contribution in [2.75, 3.05) is 0 Å². The molecule has 0 amide bonds. The minimum absolute atomic E-state index is 0.312. The molecule has 0 N–H and O–H groups in total. The predicted octanol–water partition coefficient (Wildman–Crippen LogP) is 6.45. The van der Waals surface area contributed by atoms with Crippen molar-refractivity contribution in [1.82, 2.24) is 0 Å². The summed E-state index contributed by atoms with van der Waals surface area (Å²) in [6, 6.07) is 9.38. The zero-order valence-corrected chi connectivity index (χ0v) is 14.9. The summed E-state index contributed by atoms with van der Waals surface area (Å²) in [6.07, 6.45) is 2.42. The molecule has 1 aromatic rings. The van der Waals surface area contributed by atoms with E-state index >= 15 is 0 Å². The van der Waals surface area contributed by atoms with Crippen LogP contribution in [0.1, 0.15) is 78.9 Å². The Balaban J connectivity index is 2.97. The molecule has 0 heteroatoms. The Morgan fingerprint density at radius 3 is 1.70 bits per heavy atom. The first kappa shape index (κ1) is 17.3. The molecular formula is C20H34. The fraction of sp³-hybridized carbons (Fsp3) is 0.700. The van der Waals surface area contributed by atoms with Gasteiger partial charge in [0.05, 0.1) is 0 Å². The third-order valence-corrected chi connectivity index (χ3v) is 3.89. The molecule has 0 saturated heterocycles. The first-order valence-corrected chi connectivity index (χ1v) is 8.08. The molecule has 0 aliphatic rings. The summed E-state index contributed by atoms with van der Waals surface area (Å²) in [4.78, 5) is 0. The van der Waals surface area contributed by atoms with Crippen LogP contribution in [0, 0.1) is 16.7 Å². The lowest BCUT2D eigenvalue weighted by molar-refractivity contribution is 0.229. The van der Waals surface area contributed by atoms with Crippen molar-refractivity contribution in [1.29, 1.82) is 0 Å². The average Bonchev–Trinajstić information content (AvgIpc) is 2.24. The van der Waals surface area contributed by atoms with E-state index in [-0.39, 0.29) is 0 Å². The molecule has 1 unspecified atom stereocenters. The van der Waals surface area contributed by atoms with Crippen molar-refractivity contribution in [3.8, 4) is 0 Å². The molecule has 0 aliphatic carbocycles. The van der Waals surface area contributed by atoms with E-state index in [1.165, 1.54) is 24.0 Å². The fourth-order valence-corrected chi connectivity index (χ4v) is 2.89. The lowest BCUT2D eigenvalue weighted by atomic mass is 9.69. The van der Waals surface area contributed by atoms with Gasteiger partial charge in [0, 0.05) is 0 Å². The zero-order valence-electron chi connectivity index (χ0n) is 14.9. The van der Waals surface area contributed by atoms with Crippen LogP contribution in [0.15, 0.2) is 24.3 Å². The number of hydrogen-bond acceptors (Lipinski definition) is 0. The summed E-state index contributed by atoms with van der Waals surface area (Å²) < 4.78 is 0. The van der Waals surface area contributed by atoms with E-state index in [1.807, 2.05) is 0 Å². The highest BCUT2D eigenvalue weighted by atomic mass is 14.3. The minimum atomic E-state index is 0.312. The van der Waals surface area contributed by atoms with Gasteiger partial charge < -0.3 is 0 Å². The second-order valence-corrected chi connectivity index (χ2v) is 9.02. The molecule has 114 valence electrons. The SMILES string of the molecule is CC(C)Cc1ccc(C(CC(C)(C)C)C(C)(C)C)cc1. The first-order valence-electron chi connectivity index (χ1n) is 8.08. The van der Waals surface area contributed by atoms with Gasteiger partial charge in [0.15, 0.2) is 0 Å². The summed E-state index contributed by atoms with van der Waals surface area (Å²) in [5, 5.41) is 0. The fourth-order valence-electron chi connectivity index (χ4n) is 2.89. The van der Waals surface area contributed by atoms with Crippen LogP contribution in [-0.4, -0.2) is 0 Å². The van der Waals surface area contributed by atoms with Crippen LogP contribution in [-0.2, 0) is 6.42 Å². The molecule has 20 heavy (non-hydrogen) atoms. The Bertz CT molecular complexity index is 395. The Kier molecular flexibility index (Phi) is 5.46. The van der Waals surface area contributed by atoms with Gasteiger partial charge in [-0.05, 0) is 46.6 Å². The largest absolute Gasteiger partial charge is 0.0625 e. The maximum Gasteiger partial charge on any atom is -0.0108 e. The zero-order chi connectivity index (χ0) is 15.6. The van der Waals surface area contributed by atoms with E-state index in [0.29, 0.717) is 16.7 Å². The molecule has 0 bridgehead atoms. The highest BCUT2D eigenvalue weighted by Crippen LogP contribution is 2.43. The van der Waals surface area contributed by atoms with Gasteiger partial charge in [-0.1, -0.05) is 79.7 Å². The molecule has 0 spiro atoms. The third kappa shape index (κ3) is 5.69. The van der Waals surface area contributed by atoms with Gasteiger partial charge in [-0.15, -0.1) is 0 Å². The third-order valence-electron chi connectivity index (χ3n) is 3.89. The molecule has 0 heterocycles. The quantitative estimate of drug-likeness (QED) is 0.591. The topological polar surface area (TPSA) is 0 Å². The van der Waals surface area contributed by atoms with Gasteiger partial charge in [0.25, 0.3) is 0 Å². The summed E-state index contributed by atoms with van der Waals surface area (Å²) in [5.41, 5.74) is 3.65. The molecule has 0 fully saturated rings. The Morgan fingerprint density at radius 2 is 1.35 bits per heavy atom. The Hall–Kier alpha value is -0.780. The number of rotatable bonds is 4. The predicted molar refractivity (Wildman–Crippen MR) is 91.3 cm³/mol. The van der Waals surface area contributed by atoms with Gasteiger partial charge >= 0.3 is 0 Å². The highest BCUT2D eigenvalue weighted by molar-refractivity contribution is 5.27. The standard InChI is InChI=1S/C20H34/c1-15(2)13-16-9-11-17(12-10-16)18(20(6,7)8)14-19(3,4)5/h9-12,15,18H,13-14H2,1-8H3. The van der Waals surface area contributed by atoms with Crippen LogP contribution in [0.4, 0.5) is 0 Å². The van der Waals surface area contributed by atoms with E-state index < -0.39 is 0 Å². The molecule has 0 radical (unpaired) electrons. The van der Waals surface area contributed by atoms with Crippen LogP contribution in [0.25, 0.3) is 0 Å². The van der Waals surface area contributed by atoms with Crippen molar-refractivity contribution in [2.24, 2.45) is 16.7 Å². The van der Waals surface area contributed by atoms with Crippen LogP contribution in [0.3, 0.4) is 0 Å². The summed E-state index contributed by atoms with van der Waals surface area (Å²) >= 11 is 0. The van der Waals surface area contributed by atoms with Crippen molar-refractivity contribution in [3.05, 3.63) is 35.4 Å². The smallest absolute Gasteiger partial charge is 0.0108 e. The molecule has 0 aromatic heterocycles. The highest BCUT2D eigenvalue weighted by Gasteiger charge is 2.30. The molecule has 0 nitrogen and oxygen atoms in total. The molecule has 1 aromatic carbocycles. The van der Waals surface area contributed by atoms with Crippen molar-refractivity contribution >= 4 is 0 Å². The molecule has 1 atom stereocenters. The van der Waals surface area contributed by atoms with Crippen LogP contribution in [0.5, 0.6) is 0 Å². The molecule has 0 saturated carbocycles. The number of benzene rings is 1. The van der Waals surface area contributed by atoms with Crippen LogP contribution < -0.4 is 0 Å². The van der Waals surface area contributed by atoms with Gasteiger partial charge in [-0.3, -0.25) is 0 Å². The van der Waals surface area contributed by atoms with Gasteiger partial charge in [-0.25, -0.2) is 0 Å². The summed E-state index contributed by atoms with van der Waals surface area (Å²) in [5.74, 6) is 1.35. The van der Waals surface area contributed by atoms with E-state index in [9.17, 15) is 0 Å². The average molecular weight is 274 g/mol. The van der Waals surface area contributed by atoms with E-state index in [0.717, 1.165) is 5.92 Å². The van der Waals surface area contributed by atoms with Crippen LogP contribution in [0.2, 0.25) is 0 Å². The maximum absolute atomic E-state index is 2.37. The first-order chi connectivity index (χ1) is 8.99. The van der Waals surface area contributed by atoms with Crippen molar-refractivity contribution in [3.63, 3.8) is 0 Å². The van der Waals surface area contributed by atoms with E-state index in [2.05, 4.69) is 79.7 Å². The lowest BCUT2D eigenvalue weighted by Crippen LogP contribution is -2.23. The Labute approximate surface area is 127 Å². The summed E-state index contributed by atoms with van der Waals surface area (Å²) in [7, 11) is 0. The Morgan fingerprint density at radius 1 is 0.850 bits per heavy atom. The molecular weight excluding hydrogens is 240 g/mol. The second kappa shape index (κ2) is 6.33. The van der Waals surface area contributed by atoms with E-state index in [1.54, 1.807) is 0 Å². The summed E-state index contributed by atoms with van der Waals surface area (Å²) in [6.45, 7) is 18.7. The van der Waals surface area contributed by atoms with Crippen molar-refractivity contribution < 1.29 is 0 Å². The monoisotopic (exact) mass is 274 g/mol. The molecule has 1 rings (SSSR count).